The van der Waals surface area contributed by atoms with Gasteiger partial charge in [0, 0.05) is 11.0 Å². The van der Waals surface area contributed by atoms with E-state index in [2.05, 4.69) is 51.9 Å². The van der Waals surface area contributed by atoms with Gasteiger partial charge < -0.3 is 14.8 Å². The van der Waals surface area contributed by atoms with Crippen LogP contribution in [0.25, 0.3) is 0 Å². The Morgan fingerprint density at radius 1 is 1.23 bits per heavy atom. The van der Waals surface area contributed by atoms with Crippen molar-refractivity contribution in [1.29, 1.82) is 0 Å². The molecular weight excluding hydrogens is 532 g/mol. The van der Waals surface area contributed by atoms with E-state index in [0.717, 1.165) is 15.8 Å². The maximum atomic E-state index is 12.6. The van der Waals surface area contributed by atoms with E-state index in [1.165, 1.54) is 18.9 Å². The van der Waals surface area contributed by atoms with Crippen LogP contribution in [0.2, 0.25) is 0 Å². The fraction of sp³-hybridized carbons (Fsp3) is 0.280. The predicted octanol–water partition coefficient (Wildman–Crippen LogP) is 5.45. The number of nitrogens with one attached hydrogen (secondary N) is 1. The molecule has 184 valence electrons. The van der Waals surface area contributed by atoms with Crippen LogP contribution in [0, 0.1) is 0 Å². The number of halogens is 1. The van der Waals surface area contributed by atoms with Crippen molar-refractivity contribution in [3.8, 4) is 5.75 Å². The second kappa shape index (κ2) is 12.6. The molecule has 8 nitrogen and oxygen atoms in total. The van der Waals surface area contributed by atoms with Gasteiger partial charge in [0.1, 0.15) is 12.4 Å². The molecule has 0 aliphatic rings. The van der Waals surface area contributed by atoms with Gasteiger partial charge in [-0.15, -0.1) is 16.8 Å². The molecule has 0 radical (unpaired) electrons. The maximum Gasteiger partial charge on any atom is 0.339 e. The molecule has 35 heavy (non-hydrogen) atoms. The lowest BCUT2D eigenvalue weighted by molar-refractivity contribution is -0.113. The smallest absolute Gasteiger partial charge is 0.339 e. The van der Waals surface area contributed by atoms with Crippen molar-refractivity contribution in [3.05, 3.63) is 76.5 Å². The first-order valence-electron chi connectivity index (χ1n) is 10.9. The Balaban J connectivity index is 1.68. The molecule has 0 bridgehead atoms. The highest BCUT2D eigenvalue weighted by Crippen LogP contribution is 2.30. The fourth-order valence-corrected chi connectivity index (χ4v) is 4.43. The average molecular weight is 559 g/mol. The zero-order valence-corrected chi connectivity index (χ0v) is 22.2. The molecule has 10 heteroatoms. The standard InChI is InChI=1S/C25H27BrN4O4S/c1-5-12-30-22(14-34-21-11-10-17(26)13-19(21)16(2)3)28-29-25(30)35-15-23(31)27-20-9-7-6-8-18(20)24(32)33-4/h5-11,13,16H,1,12,14-15H2,2-4H3,(H,27,31). The molecule has 0 aliphatic heterocycles. The lowest BCUT2D eigenvalue weighted by Gasteiger charge is -2.15. The van der Waals surface area contributed by atoms with Crippen molar-refractivity contribution in [2.24, 2.45) is 0 Å². The Morgan fingerprint density at radius 2 is 2.00 bits per heavy atom. The van der Waals surface area contributed by atoms with Gasteiger partial charge in [0.05, 0.1) is 24.1 Å². The first-order chi connectivity index (χ1) is 16.8. The van der Waals surface area contributed by atoms with Crippen molar-refractivity contribution >= 4 is 45.3 Å². The molecular formula is C25H27BrN4O4S. The van der Waals surface area contributed by atoms with Crippen LogP contribution in [0.3, 0.4) is 0 Å². The zero-order valence-electron chi connectivity index (χ0n) is 19.8. The minimum atomic E-state index is -0.518. The SMILES string of the molecule is C=CCn1c(COc2ccc(Br)cc2C(C)C)nnc1SCC(=O)Nc1ccccc1C(=O)OC. The number of hydrogen-bond donors (Lipinski definition) is 1. The Hall–Kier alpha value is -3.11. The van der Waals surface area contributed by atoms with Crippen molar-refractivity contribution in [3.63, 3.8) is 0 Å². The van der Waals surface area contributed by atoms with Gasteiger partial charge in [0.15, 0.2) is 11.0 Å². The van der Waals surface area contributed by atoms with Crippen molar-refractivity contribution in [2.75, 3.05) is 18.2 Å². The van der Waals surface area contributed by atoms with Crippen LogP contribution in [0.4, 0.5) is 5.69 Å². The van der Waals surface area contributed by atoms with Crippen LogP contribution < -0.4 is 10.1 Å². The Labute approximate surface area is 217 Å². The number of methoxy groups -OCH3 is 1. The number of anilines is 1. The molecule has 3 aromatic rings. The summed E-state index contributed by atoms with van der Waals surface area (Å²) in [5, 5.41) is 11.8. The Bertz CT molecular complexity index is 1210. The van der Waals surface area contributed by atoms with E-state index < -0.39 is 5.97 Å². The third-order valence-electron chi connectivity index (χ3n) is 4.99. The van der Waals surface area contributed by atoms with Crippen LogP contribution >= 0.6 is 27.7 Å². The number of carbonyl (C=O) groups excluding carboxylic acids is 2. The summed E-state index contributed by atoms with van der Waals surface area (Å²) in [7, 11) is 1.30. The quantitative estimate of drug-likeness (QED) is 0.190. The largest absolute Gasteiger partial charge is 0.485 e. The highest BCUT2D eigenvalue weighted by Gasteiger charge is 2.17. The normalized spacial score (nSPS) is 10.8. The molecule has 1 amide bonds. The highest BCUT2D eigenvalue weighted by molar-refractivity contribution is 9.10. The maximum absolute atomic E-state index is 12.6. The van der Waals surface area contributed by atoms with Crippen molar-refractivity contribution in [2.45, 2.75) is 38.1 Å². The number of carbonyl (C=O) groups is 2. The van der Waals surface area contributed by atoms with Gasteiger partial charge in [0.25, 0.3) is 0 Å². The number of esters is 1. The molecule has 1 N–H and O–H groups in total. The molecule has 1 heterocycles. The summed E-state index contributed by atoms with van der Waals surface area (Å²) in [5.74, 6) is 0.984. The third kappa shape index (κ3) is 6.95. The van der Waals surface area contributed by atoms with Crippen LogP contribution in [-0.2, 0) is 22.7 Å². The van der Waals surface area contributed by atoms with E-state index in [-0.39, 0.29) is 23.8 Å². The van der Waals surface area contributed by atoms with Gasteiger partial charge in [-0.25, -0.2) is 4.79 Å². The summed E-state index contributed by atoms with van der Waals surface area (Å²) in [6, 6.07) is 12.6. The Kier molecular flexibility index (Phi) is 9.50. The molecule has 3 rings (SSSR count). The van der Waals surface area contributed by atoms with Crippen LogP contribution in [0.5, 0.6) is 5.75 Å². The first kappa shape index (κ1) is 26.5. The monoisotopic (exact) mass is 558 g/mol. The van der Waals surface area contributed by atoms with Gasteiger partial charge in [-0.05, 0) is 41.8 Å². The molecule has 0 unspecified atom stereocenters. The van der Waals surface area contributed by atoms with E-state index >= 15 is 0 Å². The predicted molar refractivity (Wildman–Crippen MR) is 140 cm³/mol. The van der Waals surface area contributed by atoms with Crippen molar-refractivity contribution < 1.29 is 19.1 Å². The molecule has 0 saturated heterocycles. The molecule has 0 aliphatic carbocycles. The summed E-state index contributed by atoms with van der Waals surface area (Å²) in [4.78, 5) is 24.5. The number of hydrogen-bond acceptors (Lipinski definition) is 7. The number of nitrogens with zero attached hydrogens (tertiary/aromatic N) is 3. The lowest BCUT2D eigenvalue weighted by atomic mass is 10.0. The molecule has 0 fully saturated rings. The van der Waals surface area contributed by atoms with Gasteiger partial charge >= 0.3 is 5.97 Å². The van der Waals surface area contributed by atoms with Crippen molar-refractivity contribution in [1.82, 2.24) is 14.8 Å². The number of amides is 1. The van der Waals surface area contributed by atoms with Crippen LogP contribution in [0.15, 0.2) is 64.7 Å². The average Bonchev–Trinajstić information content (AvgIpc) is 3.23. The zero-order chi connectivity index (χ0) is 25.4. The summed E-state index contributed by atoms with van der Waals surface area (Å²) >= 11 is 4.75. The van der Waals surface area contributed by atoms with Crippen LogP contribution in [-0.4, -0.2) is 39.5 Å². The van der Waals surface area contributed by atoms with Gasteiger partial charge in [-0.2, -0.15) is 0 Å². The number of ether oxygens (including phenoxy) is 2. The number of thioether (sulfide) groups is 1. The molecule has 0 saturated carbocycles. The minimum Gasteiger partial charge on any atom is -0.485 e. The van der Waals surface area contributed by atoms with E-state index in [1.807, 2.05) is 22.8 Å². The van der Waals surface area contributed by atoms with Gasteiger partial charge in [-0.3, -0.25) is 9.36 Å². The number of para-hydroxylation sites is 1. The second-order valence-electron chi connectivity index (χ2n) is 7.80. The third-order valence-corrected chi connectivity index (χ3v) is 6.45. The van der Waals surface area contributed by atoms with E-state index in [9.17, 15) is 9.59 Å². The number of aromatic nitrogens is 3. The first-order valence-corrected chi connectivity index (χ1v) is 12.7. The van der Waals surface area contributed by atoms with E-state index in [4.69, 9.17) is 9.47 Å². The lowest BCUT2D eigenvalue weighted by Crippen LogP contribution is -2.17. The molecule has 0 spiro atoms. The minimum absolute atomic E-state index is 0.0792. The van der Waals surface area contributed by atoms with Crippen LogP contribution in [0.1, 0.15) is 41.5 Å². The van der Waals surface area contributed by atoms with E-state index in [0.29, 0.717) is 29.1 Å². The summed E-state index contributed by atoms with van der Waals surface area (Å²) < 4.78 is 13.7. The molecule has 0 atom stereocenters. The summed E-state index contributed by atoms with van der Waals surface area (Å²) in [6.45, 7) is 8.73. The number of allylic oxidation sites excluding steroid dienone is 1. The number of rotatable bonds is 11. The van der Waals surface area contributed by atoms with E-state index in [1.54, 1.807) is 30.3 Å². The topological polar surface area (TPSA) is 95.3 Å². The molecule has 1 aromatic heterocycles. The second-order valence-corrected chi connectivity index (χ2v) is 9.66. The highest BCUT2D eigenvalue weighted by atomic mass is 79.9. The van der Waals surface area contributed by atoms with Gasteiger partial charge in [0.2, 0.25) is 5.91 Å². The van der Waals surface area contributed by atoms with Gasteiger partial charge in [-0.1, -0.05) is 59.7 Å². The Morgan fingerprint density at radius 3 is 2.71 bits per heavy atom. The number of benzene rings is 2. The summed E-state index contributed by atoms with van der Waals surface area (Å²) in [5.41, 5.74) is 1.77. The summed E-state index contributed by atoms with van der Waals surface area (Å²) in [6.07, 6.45) is 1.74. The molecule has 2 aromatic carbocycles. The fourth-order valence-electron chi connectivity index (χ4n) is 3.29.